The van der Waals surface area contributed by atoms with E-state index < -0.39 is 0 Å². The third-order valence-electron chi connectivity index (χ3n) is 6.73. The second kappa shape index (κ2) is 4.51. The Bertz CT molecular complexity index is 303. The highest BCUT2D eigenvalue weighted by atomic mass is 16.5. The highest BCUT2D eigenvalue weighted by Gasteiger charge is 2.62. The van der Waals surface area contributed by atoms with Crippen LogP contribution in [-0.2, 0) is 4.74 Å². The predicted octanol–water partition coefficient (Wildman–Crippen LogP) is 4.80. The second-order valence-electron chi connectivity index (χ2n) is 7.53. The van der Waals surface area contributed by atoms with Gasteiger partial charge in [0.1, 0.15) is 0 Å². The summed E-state index contributed by atoms with van der Waals surface area (Å²) in [6, 6.07) is 0. The van der Waals surface area contributed by atoms with Gasteiger partial charge in [-0.05, 0) is 61.2 Å². The molecule has 0 radical (unpaired) electrons. The van der Waals surface area contributed by atoms with Gasteiger partial charge in [-0.25, -0.2) is 0 Å². The maximum Gasteiger partial charge on any atom is 0.0662 e. The molecule has 4 unspecified atom stereocenters. The van der Waals surface area contributed by atoms with E-state index in [9.17, 15) is 0 Å². The summed E-state index contributed by atoms with van der Waals surface area (Å²) >= 11 is 0. The molecule has 3 saturated carbocycles. The van der Waals surface area contributed by atoms with Crippen molar-refractivity contribution in [3.8, 4) is 0 Å². The van der Waals surface area contributed by atoms with Crippen LogP contribution >= 0.6 is 0 Å². The molecule has 0 bridgehead atoms. The molecule has 0 amide bonds. The van der Waals surface area contributed by atoms with Gasteiger partial charge in [-0.3, -0.25) is 0 Å². The first kappa shape index (κ1) is 13.0. The van der Waals surface area contributed by atoms with E-state index >= 15 is 0 Å². The molecule has 104 valence electrons. The van der Waals surface area contributed by atoms with Crippen molar-refractivity contribution in [2.24, 2.45) is 22.7 Å². The highest BCUT2D eigenvalue weighted by Crippen LogP contribution is 2.67. The molecule has 0 N–H and O–H groups in total. The van der Waals surface area contributed by atoms with Crippen LogP contribution in [0.2, 0.25) is 0 Å². The Morgan fingerprint density at radius 2 is 1.94 bits per heavy atom. The van der Waals surface area contributed by atoms with Crippen molar-refractivity contribution in [1.29, 1.82) is 0 Å². The van der Waals surface area contributed by atoms with Crippen LogP contribution in [0.15, 0.2) is 0 Å². The van der Waals surface area contributed by atoms with Gasteiger partial charge in [0.05, 0.1) is 6.10 Å². The van der Waals surface area contributed by atoms with Gasteiger partial charge in [-0.1, -0.05) is 33.6 Å². The Hall–Kier alpha value is -0.0400. The average Bonchev–Trinajstić information content (AvgIpc) is 2.29. The summed E-state index contributed by atoms with van der Waals surface area (Å²) < 4.78 is 6.29. The van der Waals surface area contributed by atoms with Crippen molar-refractivity contribution in [3.63, 3.8) is 0 Å². The third kappa shape index (κ3) is 1.69. The fourth-order valence-corrected chi connectivity index (χ4v) is 4.98. The summed E-state index contributed by atoms with van der Waals surface area (Å²) in [5.41, 5.74) is 1.29. The average molecular weight is 250 g/mol. The molecular formula is C17H30O. The molecule has 0 aromatic heterocycles. The molecule has 3 aliphatic carbocycles. The fourth-order valence-electron chi connectivity index (χ4n) is 4.98. The van der Waals surface area contributed by atoms with Crippen molar-refractivity contribution in [2.75, 3.05) is 6.61 Å². The molecule has 3 rings (SSSR count). The summed E-state index contributed by atoms with van der Waals surface area (Å²) in [4.78, 5) is 0. The van der Waals surface area contributed by atoms with E-state index in [2.05, 4.69) is 20.8 Å². The van der Waals surface area contributed by atoms with Crippen molar-refractivity contribution in [2.45, 2.75) is 78.2 Å². The molecular weight excluding hydrogens is 220 g/mol. The van der Waals surface area contributed by atoms with Gasteiger partial charge >= 0.3 is 0 Å². The lowest BCUT2D eigenvalue weighted by Gasteiger charge is -2.66. The van der Waals surface area contributed by atoms with Gasteiger partial charge in [0, 0.05) is 6.61 Å². The largest absolute Gasteiger partial charge is 0.377 e. The van der Waals surface area contributed by atoms with Gasteiger partial charge in [-0.2, -0.15) is 0 Å². The van der Waals surface area contributed by atoms with Crippen LogP contribution < -0.4 is 0 Å². The molecule has 1 nitrogen and oxygen atoms in total. The maximum absolute atomic E-state index is 6.29. The molecule has 1 heteroatoms. The summed E-state index contributed by atoms with van der Waals surface area (Å²) in [6.45, 7) is 8.12. The van der Waals surface area contributed by atoms with Crippen LogP contribution in [0.5, 0.6) is 0 Å². The lowest BCUT2D eigenvalue weighted by Crippen LogP contribution is -2.63. The van der Waals surface area contributed by atoms with Crippen LogP contribution in [0.3, 0.4) is 0 Å². The third-order valence-corrected chi connectivity index (χ3v) is 6.73. The summed E-state index contributed by atoms with van der Waals surface area (Å²) in [6.07, 6.45) is 11.9. The maximum atomic E-state index is 6.29. The monoisotopic (exact) mass is 250 g/mol. The highest BCUT2D eigenvalue weighted by molar-refractivity contribution is 5.12. The van der Waals surface area contributed by atoms with Gasteiger partial charge in [-0.15, -0.1) is 0 Å². The molecule has 18 heavy (non-hydrogen) atoms. The number of ether oxygens (including phenoxy) is 1. The smallest absolute Gasteiger partial charge is 0.0662 e. The molecule has 0 saturated heterocycles. The molecule has 0 aromatic carbocycles. The lowest BCUT2D eigenvalue weighted by atomic mass is 9.41. The molecule has 1 spiro atoms. The zero-order valence-electron chi connectivity index (χ0n) is 12.5. The minimum absolute atomic E-state index is 0.627. The van der Waals surface area contributed by atoms with E-state index in [4.69, 9.17) is 4.74 Å². The summed E-state index contributed by atoms with van der Waals surface area (Å²) in [5.74, 6) is 1.87. The van der Waals surface area contributed by atoms with Gasteiger partial charge in [0.15, 0.2) is 0 Å². The minimum atomic E-state index is 0.627. The van der Waals surface area contributed by atoms with Crippen molar-refractivity contribution >= 4 is 0 Å². The van der Waals surface area contributed by atoms with E-state index in [1.807, 2.05) is 0 Å². The predicted molar refractivity (Wildman–Crippen MR) is 75.5 cm³/mol. The van der Waals surface area contributed by atoms with E-state index in [0.717, 1.165) is 18.4 Å². The zero-order valence-corrected chi connectivity index (χ0v) is 12.5. The number of hydrogen-bond acceptors (Lipinski definition) is 1. The standard InChI is InChI=1S/C17H30O/c1-4-11-18-15-13(12-17(15)8-6-9-17)14-7-10-16(14,3)5-2/h13-15H,4-12H2,1-3H3. The van der Waals surface area contributed by atoms with E-state index in [1.165, 1.54) is 51.4 Å². The first-order valence-electron chi connectivity index (χ1n) is 8.27. The number of hydrogen-bond donors (Lipinski definition) is 0. The normalized spacial score (nSPS) is 45.2. The van der Waals surface area contributed by atoms with Gasteiger partial charge in [0.2, 0.25) is 0 Å². The molecule has 3 fully saturated rings. The Labute approximate surface area is 113 Å². The van der Waals surface area contributed by atoms with Crippen LogP contribution in [0.4, 0.5) is 0 Å². The van der Waals surface area contributed by atoms with Crippen LogP contribution in [0.25, 0.3) is 0 Å². The summed E-state index contributed by atoms with van der Waals surface area (Å²) in [5, 5.41) is 0. The molecule has 4 atom stereocenters. The summed E-state index contributed by atoms with van der Waals surface area (Å²) in [7, 11) is 0. The Morgan fingerprint density at radius 3 is 2.39 bits per heavy atom. The number of rotatable bonds is 5. The Kier molecular flexibility index (Phi) is 3.25. The van der Waals surface area contributed by atoms with E-state index in [0.29, 0.717) is 16.9 Å². The van der Waals surface area contributed by atoms with E-state index in [1.54, 1.807) is 0 Å². The molecule has 0 aliphatic heterocycles. The van der Waals surface area contributed by atoms with Gasteiger partial charge in [0.25, 0.3) is 0 Å². The van der Waals surface area contributed by atoms with Gasteiger partial charge < -0.3 is 4.74 Å². The fraction of sp³-hybridized carbons (Fsp3) is 1.00. The molecule has 0 heterocycles. The first-order valence-corrected chi connectivity index (χ1v) is 8.27. The Morgan fingerprint density at radius 1 is 1.17 bits per heavy atom. The van der Waals surface area contributed by atoms with Crippen molar-refractivity contribution in [1.82, 2.24) is 0 Å². The first-order chi connectivity index (χ1) is 8.65. The van der Waals surface area contributed by atoms with E-state index in [-0.39, 0.29) is 0 Å². The zero-order chi connectivity index (χ0) is 12.8. The lowest BCUT2D eigenvalue weighted by molar-refractivity contribution is -0.234. The molecule has 0 aromatic rings. The SMILES string of the molecule is CCCOC1C(C2CCC2(C)CC)CC12CCC2. The minimum Gasteiger partial charge on any atom is -0.377 e. The van der Waals surface area contributed by atoms with Crippen molar-refractivity contribution in [3.05, 3.63) is 0 Å². The molecule has 3 aliphatic rings. The Balaban J connectivity index is 1.66. The topological polar surface area (TPSA) is 9.23 Å². The van der Waals surface area contributed by atoms with Crippen LogP contribution in [-0.4, -0.2) is 12.7 Å². The second-order valence-corrected chi connectivity index (χ2v) is 7.53. The van der Waals surface area contributed by atoms with Crippen molar-refractivity contribution < 1.29 is 4.74 Å². The van der Waals surface area contributed by atoms with Crippen LogP contribution in [0, 0.1) is 22.7 Å². The van der Waals surface area contributed by atoms with Crippen LogP contribution in [0.1, 0.15) is 72.1 Å². The quantitative estimate of drug-likeness (QED) is 0.681.